The fourth-order valence-electron chi connectivity index (χ4n) is 2.75. The van der Waals surface area contributed by atoms with Crippen molar-refractivity contribution in [3.8, 4) is 0 Å². The zero-order valence-corrected chi connectivity index (χ0v) is 8.48. The Balaban J connectivity index is 2.07. The van der Waals surface area contributed by atoms with Crippen molar-refractivity contribution in [3.05, 3.63) is 53.6 Å². The summed E-state index contributed by atoms with van der Waals surface area (Å²) in [6, 6.07) is 13.4. The highest BCUT2D eigenvalue weighted by atomic mass is 14.4. The number of benzene rings is 2. The first-order valence-electron chi connectivity index (χ1n) is 5.63. The van der Waals surface area contributed by atoms with Crippen LogP contribution >= 0.6 is 0 Å². The maximum Gasteiger partial charge on any atom is -0.00867 e. The van der Waals surface area contributed by atoms with Crippen LogP contribution in [0.1, 0.15) is 23.5 Å². The lowest BCUT2D eigenvalue weighted by Crippen LogP contribution is -1.92. The smallest absolute Gasteiger partial charge is 0.00867 e. The number of hydrogen-bond acceptors (Lipinski definition) is 0. The van der Waals surface area contributed by atoms with Gasteiger partial charge in [0.05, 0.1) is 0 Å². The van der Waals surface area contributed by atoms with E-state index in [0.717, 1.165) is 11.8 Å². The van der Waals surface area contributed by atoms with E-state index in [2.05, 4.69) is 48.6 Å². The van der Waals surface area contributed by atoms with Crippen LogP contribution in [0.15, 0.2) is 42.5 Å². The number of hydrogen-bond donors (Lipinski definition) is 0. The van der Waals surface area contributed by atoms with Gasteiger partial charge in [-0.2, -0.15) is 0 Å². The lowest BCUT2D eigenvalue weighted by atomic mass is 9.94. The summed E-state index contributed by atoms with van der Waals surface area (Å²) in [5.74, 6) is 1.67. The second-order valence-corrected chi connectivity index (χ2v) is 4.69. The molecule has 0 spiro atoms. The number of fused-ring (bicyclic) bond motifs is 4. The summed E-state index contributed by atoms with van der Waals surface area (Å²) >= 11 is 0. The van der Waals surface area contributed by atoms with Gasteiger partial charge in [0, 0.05) is 0 Å². The molecule has 1 fully saturated rings. The Kier molecular flexibility index (Phi) is 1.29. The van der Waals surface area contributed by atoms with Gasteiger partial charge in [-0.05, 0) is 46.2 Å². The molecule has 0 heteroatoms. The van der Waals surface area contributed by atoms with Crippen LogP contribution in [-0.4, -0.2) is 0 Å². The molecule has 2 aromatic carbocycles. The fraction of sp³-hybridized carbons (Fsp3) is 0.200. The van der Waals surface area contributed by atoms with E-state index < -0.39 is 0 Å². The highest BCUT2D eigenvalue weighted by Crippen LogP contribution is 2.53. The molecule has 4 rings (SSSR count). The van der Waals surface area contributed by atoms with Gasteiger partial charge in [0.15, 0.2) is 0 Å². The molecule has 0 bridgehead atoms. The molecule has 0 amide bonds. The lowest BCUT2D eigenvalue weighted by Gasteiger charge is -2.11. The van der Waals surface area contributed by atoms with Crippen molar-refractivity contribution in [3.63, 3.8) is 0 Å². The Labute approximate surface area is 89.2 Å². The lowest BCUT2D eigenvalue weighted by molar-refractivity contribution is 0.999. The van der Waals surface area contributed by atoms with Crippen LogP contribution in [0.5, 0.6) is 0 Å². The maximum absolute atomic E-state index is 2.39. The fourth-order valence-corrected chi connectivity index (χ4v) is 2.75. The zero-order chi connectivity index (χ0) is 9.83. The Hall–Kier alpha value is -1.56. The maximum atomic E-state index is 2.39. The minimum atomic E-state index is 0.828. The molecule has 15 heavy (non-hydrogen) atoms. The van der Waals surface area contributed by atoms with Crippen LogP contribution in [0.25, 0.3) is 16.8 Å². The van der Waals surface area contributed by atoms with E-state index >= 15 is 0 Å². The molecule has 72 valence electrons. The minimum Gasteiger partial charge on any atom is -0.0802 e. The van der Waals surface area contributed by atoms with Crippen molar-refractivity contribution in [1.29, 1.82) is 0 Å². The van der Waals surface area contributed by atoms with Crippen molar-refractivity contribution in [2.75, 3.05) is 0 Å². The topological polar surface area (TPSA) is 0 Å². The van der Waals surface area contributed by atoms with Crippen LogP contribution in [0.4, 0.5) is 0 Å². The van der Waals surface area contributed by atoms with Gasteiger partial charge in [0.2, 0.25) is 0 Å². The van der Waals surface area contributed by atoms with Gasteiger partial charge >= 0.3 is 0 Å². The normalized spacial score (nSPS) is 26.1. The van der Waals surface area contributed by atoms with E-state index in [1.807, 2.05) is 0 Å². The summed E-state index contributed by atoms with van der Waals surface area (Å²) < 4.78 is 0. The molecule has 1 saturated carbocycles. The third-order valence-corrected chi connectivity index (χ3v) is 3.71. The molecule has 2 unspecified atom stereocenters. The molecule has 0 nitrogen and oxygen atoms in total. The first-order chi connectivity index (χ1) is 7.42. The van der Waals surface area contributed by atoms with Gasteiger partial charge < -0.3 is 0 Å². The van der Waals surface area contributed by atoms with Gasteiger partial charge in [-0.1, -0.05) is 42.5 Å². The molecule has 2 aliphatic rings. The van der Waals surface area contributed by atoms with Crippen LogP contribution in [-0.2, 0) is 0 Å². The SMILES string of the molecule is C1=CC2CC2c2cc3ccccc3cc21. The molecule has 2 aliphatic carbocycles. The van der Waals surface area contributed by atoms with Crippen molar-refractivity contribution in [2.24, 2.45) is 5.92 Å². The standard InChI is InChI=1S/C15H12/c1-2-4-11-8-14-12(7-10(11)3-1)5-6-13-9-15(13)14/h1-8,13,15H,9H2. The van der Waals surface area contributed by atoms with E-state index in [1.165, 1.54) is 22.8 Å². The summed E-state index contributed by atoms with van der Waals surface area (Å²) in [6.45, 7) is 0. The van der Waals surface area contributed by atoms with Crippen molar-refractivity contribution >= 4 is 16.8 Å². The molecule has 0 aliphatic heterocycles. The Morgan fingerprint density at radius 2 is 1.80 bits per heavy atom. The summed E-state index contributed by atoms with van der Waals surface area (Å²) in [5, 5.41) is 2.75. The molecule has 0 N–H and O–H groups in total. The van der Waals surface area contributed by atoms with E-state index in [-0.39, 0.29) is 0 Å². The summed E-state index contributed by atoms with van der Waals surface area (Å²) in [7, 11) is 0. The van der Waals surface area contributed by atoms with Crippen molar-refractivity contribution < 1.29 is 0 Å². The van der Waals surface area contributed by atoms with Crippen LogP contribution in [0.2, 0.25) is 0 Å². The molecule has 2 aromatic rings. The molecule has 0 radical (unpaired) electrons. The summed E-state index contributed by atoms with van der Waals surface area (Å²) in [5.41, 5.74) is 3.01. The Morgan fingerprint density at radius 1 is 1.00 bits per heavy atom. The van der Waals surface area contributed by atoms with E-state index in [1.54, 1.807) is 5.56 Å². The number of rotatable bonds is 0. The summed E-state index contributed by atoms with van der Waals surface area (Å²) in [6.07, 6.45) is 6.04. The van der Waals surface area contributed by atoms with Crippen molar-refractivity contribution in [1.82, 2.24) is 0 Å². The average Bonchev–Trinajstić information content (AvgIpc) is 3.06. The first kappa shape index (κ1) is 7.70. The molecule has 0 aromatic heterocycles. The first-order valence-corrected chi connectivity index (χ1v) is 5.63. The number of allylic oxidation sites excluding steroid dienone is 1. The molecular formula is C15H12. The predicted octanol–water partition coefficient (Wildman–Crippen LogP) is 3.97. The second-order valence-electron chi connectivity index (χ2n) is 4.69. The van der Waals surface area contributed by atoms with Gasteiger partial charge in [0.1, 0.15) is 0 Å². The monoisotopic (exact) mass is 192 g/mol. The van der Waals surface area contributed by atoms with Crippen LogP contribution in [0, 0.1) is 5.92 Å². The van der Waals surface area contributed by atoms with Crippen LogP contribution in [0.3, 0.4) is 0 Å². The van der Waals surface area contributed by atoms with Gasteiger partial charge in [-0.15, -0.1) is 0 Å². The van der Waals surface area contributed by atoms with Gasteiger partial charge in [-0.25, -0.2) is 0 Å². The highest BCUT2D eigenvalue weighted by molar-refractivity contribution is 5.87. The van der Waals surface area contributed by atoms with Gasteiger partial charge in [-0.3, -0.25) is 0 Å². The second kappa shape index (κ2) is 2.52. The third-order valence-electron chi connectivity index (χ3n) is 3.71. The van der Waals surface area contributed by atoms with Crippen LogP contribution < -0.4 is 0 Å². The largest absolute Gasteiger partial charge is 0.0802 e. The Morgan fingerprint density at radius 3 is 2.67 bits per heavy atom. The zero-order valence-electron chi connectivity index (χ0n) is 8.48. The highest BCUT2D eigenvalue weighted by Gasteiger charge is 2.39. The van der Waals surface area contributed by atoms with E-state index in [0.29, 0.717) is 0 Å². The quantitative estimate of drug-likeness (QED) is 0.592. The van der Waals surface area contributed by atoms with Gasteiger partial charge in [0.25, 0.3) is 0 Å². The minimum absolute atomic E-state index is 0.828. The third kappa shape index (κ3) is 1.02. The van der Waals surface area contributed by atoms with E-state index in [9.17, 15) is 0 Å². The molecular weight excluding hydrogens is 180 g/mol. The summed E-state index contributed by atoms with van der Waals surface area (Å²) in [4.78, 5) is 0. The molecule has 0 saturated heterocycles. The molecule has 0 heterocycles. The van der Waals surface area contributed by atoms with E-state index in [4.69, 9.17) is 0 Å². The van der Waals surface area contributed by atoms with Crippen molar-refractivity contribution in [2.45, 2.75) is 12.3 Å². The predicted molar refractivity (Wildman–Crippen MR) is 63.8 cm³/mol. The Bertz CT molecular complexity index is 578. The molecule has 2 atom stereocenters. The average molecular weight is 192 g/mol.